The highest BCUT2D eigenvalue weighted by Crippen LogP contribution is 2.28. The second-order valence-electron chi connectivity index (χ2n) is 5.67. The normalized spacial score (nSPS) is 11.4. The molecule has 3 rings (SSSR count). The molecule has 0 aliphatic rings. The lowest BCUT2D eigenvalue weighted by Crippen LogP contribution is -2.17. The Hall–Kier alpha value is -2.13. The largest absolute Gasteiger partial charge is 0.384 e. The highest BCUT2D eigenvalue weighted by Gasteiger charge is 2.12. The van der Waals surface area contributed by atoms with E-state index in [0.717, 1.165) is 19.5 Å². The number of hydrogen-bond donors (Lipinski definition) is 1. The van der Waals surface area contributed by atoms with Crippen LogP contribution in [-0.2, 0) is 0 Å². The van der Waals surface area contributed by atoms with Crippen LogP contribution < -0.4 is 10.3 Å². The van der Waals surface area contributed by atoms with Gasteiger partial charge in [0.15, 0.2) is 0 Å². The van der Waals surface area contributed by atoms with Crippen LogP contribution >= 0.6 is 0 Å². The highest BCUT2D eigenvalue weighted by molar-refractivity contribution is 6.04. The molecule has 0 unspecified atom stereocenters. The Bertz CT molecular complexity index is 696. The van der Waals surface area contributed by atoms with Crippen LogP contribution in [0.25, 0.3) is 21.8 Å². The van der Waals surface area contributed by atoms with Crippen molar-refractivity contribution >= 4 is 27.5 Å². The average molecular weight is 280 g/mol. The molecular weight excluding hydrogens is 258 g/mol. The molecule has 0 spiro atoms. The summed E-state index contributed by atoms with van der Waals surface area (Å²) in [5.41, 5.74) is 3.58. The molecule has 0 saturated carbocycles. The average Bonchev–Trinajstić information content (AvgIpc) is 2.50. The number of nitrogens with one attached hydrogen (secondary N) is 2. The molecule has 0 radical (unpaired) electrons. The maximum absolute atomic E-state index is 3.64. The molecule has 2 aromatic carbocycles. The zero-order valence-corrected chi connectivity index (χ0v) is 12.7. The molecule has 108 valence electrons. The third kappa shape index (κ3) is 2.98. The van der Waals surface area contributed by atoms with E-state index in [2.05, 4.69) is 77.8 Å². The number of pyridine rings is 1. The van der Waals surface area contributed by atoms with Crippen molar-refractivity contribution in [3.8, 4) is 0 Å². The zero-order valence-electron chi connectivity index (χ0n) is 12.7. The molecule has 1 aromatic heterocycles. The van der Waals surface area contributed by atoms with Crippen molar-refractivity contribution in [3.05, 3.63) is 48.5 Å². The molecule has 2 N–H and O–H groups in total. The van der Waals surface area contributed by atoms with Gasteiger partial charge in [-0.1, -0.05) is 24.3 Å². The van der Waals surface area contributed by atoms with Gasteiger partial charge in [0.25, 0.3) is 0 Å². The van der Waals surface area contributed by atoms with Crippen LogP contribution in [0.1, 0.15) is 6.42 Å². The number of nitrogens with zero attached hydrogens (tertiary/aromatic N) is 1. The summed E-state index contributed by atoms with van der Waals surface area (Å²) in [6.07, 6.45) is 1.13. The van der Waals surface area contributed by atoms with E-state index >= 15 is 0 Å². The number of H-pyrrole nitrogens is 1. The maximum atomic E-state index is 3.64. The van der Waals surface area contributed by atoms with E-state index in [-0.39, 0.29) is 0 Å². The van der Waals surface area contributed by atoms with Crippen LogP contribution in [0.3, 0.4) is 0 Å². The van der Waals surface area contributed by atoms with Crippen LogP contribution in [0, 0.1) is 0 Å². The molecule has 21 heavy (non-hydrogen) atoms. The van der Waals surface area contributed by atoms with Gasteiger partial charge in [0.05, 0.1) is 16.5 Å². The number of hydrogen-bond acceptors (Lipinski definition) is 2. The van der Waals surface area contributed by atoms with Crippen molar-refractivity contribution in [2.45, 2.75) is 6.42 Å². The Morgan fingerprint density at radius 2 is 1.48 bits per heavy atom. The van der Waals surface area contributed by atoms with Crippen molar-refractivity contribution in [1.82, 2.24) is 4.90 Å². The summed E-state index contributed by atoms with van der Waals surface area (Å²) in [6.45, 7) is 2.08. The fourth-order valence-corrected chi connectivity index (χ4v) is 2.71. The summed E-state index contributed by atoms with van der Waals surface area (Å²) >= 11 is 0. The smallest absolute Gasteiger partial charge is 0.213 e. The van der Waals surface area contributed by atoms with Crippen LogP contribution in [0.2, 0.25) is 0 Å². The number of benzene rings is 2. The summed E-state index contributed by atoms with van der Waals surface area (Å²) in [7, 11) is 4.23. The van der Waals surface area contributed by atoms with Gasteiger partial charge in [-0.15, -0.1) is 0 Å². The Morgan fingerprint density at radius 1 is 0.905 bits per heavy atom. The topological polar surface area (TPSA) is 29.4 Å². The van der Waals surface area contributed by atoms with Gasteiger partial charge in [-0.2, -0.15) is 0 Å². The fourth-order valence-electron chi connectivity index (χ4n) is 2.71. The fraction of sp³-hybridized carbons (Fsp3) is 0.278. The van der Waals surface area contributed by atoms with Gasteiger partial charge >= 0.3 is 0 Å². The standard InChI is InChI=1S/C18H21N3/c1-21(2)13-7-12-19-18-14-8-3-5-10-16(14)20-17-11-6-4-9-15(17)18/h3-6,8-11H,7,12-13H2,1-2H3,(H,19,20)/p+1. The Morgan fingerprint density at radius 3 is 2.05 bits per heavy atom. The molecule has 0 amide bonds. The number of para-hydroxylation sites is 2. The Balaban J connectivity index is 1.99. The highest BCUT2D eigenvalue weighted by atomic mass is 15.1. The van der Waals surface area contributed by atoms with Crippen molar-refractivity contribution in [2.75, 3.05) is 32.5 Å². The lowest BCUT2D eigenvalue weighted by molar-refractivity contribution is -0.310. The van der Waals surface area contributed by atoms with Crippen molar-refractivity contribution in [3.63, 3.8) is 0 Å². The van der Waals surface area contributed by atoms with Crippen LogP contribution in [0.4, 0.5) is 5.69 Å². The predicted octanol–water partition coefficient (Wildman–Crippen LogP) is 3.17. The summed E-state index contributed by atoms with van der Waals surface area (Å²) < 4.78 is 0. The molecule has 3 aromatic rings. The monoisotopic (exact) mass is 280 g/mol. The lowest BCUT2D eigenvalue weighted by atomic mass is 10.1. The molecule has 3 nitrogen and oxygen atoms in total. The molecule has 0 saturated heterocycles. The van der Waals surface area contributed by atoms with E-state index in [1.54, 1.807) is 0 Å². The first kappa shape index (κ1) is 13.8. The predicted molar refractivity (Wildman–Crippen MR) is 89.7 cm³/mol. The minimum Gasteiger partial charge on any atom is -0.384 e. The third-order valence-electron chi connectivity index (χ3n) is 3.75. The van der Waals surface area contributed by atoms with Crippen LogP contribution in [0.5, 0.6) is 0 Å². The first-order chi connectivity index (χ1) is 10.3. The van der Waals surface area contributed by atoms with E-state index in [1.165, 1.54) is 27.5 Å². The van der Waals surface area contributed by atoms with Gasteiger partial charge in [0.2, 0.25) is 11.0 Å². The summed E-state index contributed by atoms with van der Waals surface area (Å²) in [5.74, 6) is 0. The van der Waals surface area contributed by atoms with Crippen molar-refractivity contribution in [2.24, 2.45) is 0 Å². The van der Waals surface area contributed by atoms with Gasteiger partial charge < -0.3 is 10.2 Å². The number of anilines is 1. The van der Waals surface area contributed by atoms with E-state index < -0.39 is 0 Å². The first-order valence-corrected chi connectivity index (χ1v) is 7.47. The Kier molecular flexibility index (Phi) is 4.02. The van der Waals surface area contributed by atoms with E-state index in [9.17, 15) is 0 Å². The molecule has 0 fully saturated rings. The SMILES string of the molecule is CN(C)CCCNc1c2ccccc2[nH+]c2ccccc12. The molecule has 0 aliphatic heterocycles. The molecule has 1 heterocycles. The van der Waals surface area contributed by atoms with E-state index in [4.69, 9.17) is 0 Å². The van der Waals surface area contributed by atoms with Gasteiger partial charge in [0.1, 0.15) is 0 Å². The summed E-state index contributed by atoms with van der Waals surface area (Å²) in [6, 6.07) is 16.9. The van der Waals surface area contributed by atoms with E-state index in [0.29, 0.717) is 0 Å². The van der Waals surface area contributed by atoms with Gasteiger partial charge in [-0.3, -0.25) is 0 Å². The van der Waals surface area contributed by atoms with Gasteiger partial charge in [-0.25, -0.2) is 4.98 Å². The van der Waals surface area contributed by atoms with Crippen LogP contribution in [-0.4, -0.2) is 32.1 Å². The number of fused-ring (bicyclic) bond motifs is 2. The van der Waals surface area contributed by atoms with Gasteiger partial charge in [-0.05, 0) is 39.2 Å². The van der Waals surface area contributed by atoms with Crippen molar-refractivity contribution in [1.29, 1.82) is 0 Å². The number of rotatable bonds is 5. The maximum Gasteiger partial charge on any atom is 0.213 e. The minimum absolute atomic E-state index is 0.982. The summed E-state index contributed by atoms with van der Waals surface area (Å²) in [5, 5.41) is 6.14. The molecule has 3 heteroatoms. The number of aromatic amines is 1. The third-order valence-corrected chi connectivity index (χ3v) is 3.75. The quantitative estimate of drug-likeness (QED) is 0.574. The summed E-state index contributed by atoms with van der Waals surface area (Å²) in [4.78, 5) is 5.73. The first-order valence-electron chi connectivity index (χ1n) is 7.47. The molecule has 0 atom stereocenters. The minimum atomic E-state index is 0.982. The van der Waals surface area contributed by atoms with Crippen LogP contribution in [0.15, 0.2) is 48.5 Å². The lowest BCUT2D eigenvalue weighted by Gasteiger charge is -2.12. The molecule has 0 aliphatic carbocycles. The second kappa shape index (κ2) is 6.10. The van der Waals surface area contributed by atoms with E-state index in [1.807, 2.05) is 0 Å². The zero-order chi connectivity index (χ0) is 14.7. The van der Waals surface area contributed by atoms with Gasteiger partial charge in [0, 0.05) is 18.7 Å². The molecular formula is C18H22N3+. The van der Waals surface area contributed by atoms with Crippen molar-refractivity contribution < 1.29 is 4.98 Å². The Labute approximate surface area is 125 Å². The second-order valence-corrected chi connectivity index (χ2v) is 5.67. The number of aromatic nitrogens is 1. The molecule has 0 bridgehead atoms.